The minimum atomic E-state index is -0.517. The van der Waals surface area contributed by atoms with Crippen LogP contribution in [0.2, 0.25) is 0 Å². The van der Waals surface area contributed by atoms with Gasteiger partial charge in [0.15, 0.2) is 0 Å². The SMILES string of the molecule is CC(C)(C)c1ccnc(-c2[c-]c(-c3cccc4c3[N-]C3c5c(O)cc(C(C)(C)C)c6cccc(c56)-c5cc(-c6ccccc6C(C)(C)C)ccc5N43)cc3c2C(C)(C)c2ccccc2-3)c1.[Pt+2]. The normalized spacial score (nSPS) is 15.5. The maximum Gasteiger partial charge on any atom is 2.00 e. The molecule has 0 fully saturated rings. The molecule has 0 saturated carbocycles. The van der Waals surface area contributed by atoms with Crippen molar-refractivity contribution in [2.24, 2.45) is 0 Å². The summed E-state index contributed by atoms with van der Waals surface area (Å²) in [6, 6.07) is 50.5. The number of fused-ring (bicyclic) bond motifs is 10. The fourth-order valence-electron chi connectivity index (χ4n) is 11.2. The van der Waals surface area contributed by atoms with Crippen LogP contribution in [0.25, 0.3) is 71.9 Å². The number of rotatable bonds is 3. The number of hydrogen-bond donors (Lipinski definition) is 1. The Morgan fingerprint density at radius 1 is 0.621 bits per heavy atom. The number of pyridine rings is 1. The molecular formula is C61H57N3OPt. The summed E-state index contributed by atoms with van der Waals surface area (Å²) in [7, 11) is 0. The number of hydrogen-bond acceptors (Lipinski definition) is 3. The molecule has 66 heavy (non-hydrogen) atoms. The zero-order valence-electron chi connectivity index (χ0n) is 39.9. The fraction of sp³-hybridized carbons (Fsp3) is 0.262. The molecule has 4 nitrogen and oxygen atoms in total. The quantitative estimate of drug-likeness (QED) is 0.179. The van der Waals surface area contributed by atoms with Crippen LogP contribution in [-0.4, -0.2) is 10.1 Å². The van der Waals surface area contributed by atoms with Crippen molar-refractivity contribution in [1.29, 1.82) is 0 Å². The van der Waals surface area contributed by atoms with Crippen LogP contribution in [0.5, 0.6) is 5.75 Å². The Labute approximate surface area is 405 Å². The number of benzene rings is 7. The van der Waals surface area contributed by atoms with E-state index in [1.54, 1.807) is 0 Å². The molecule has 5 heteroatoms. The third kappa shape index (κ3) is 6.61. The van der Waals surface area contributed by atoms with Crippen molar-refractivity contribution in [2.45, 2.75) is 104 Å². The van der Waals surface area contributed by atoms with Gasteiger partial charge in [-0.25, -0.2) is 0 Å². The topological polar surface area (TPSA) is 50.5 Å². The summed E-state index contributed by atoms with van der Waals surface area (Å²) in [5, 5.41) is 20.4. The Bertz CT molecular complexity index is 3300. The number of aromatic nitrogens is 1. The number of para-hydroxylation sites is 1. The van der Waals surface area contributed by atoms with Crippen LogP contribution in [0, 0.1) is 6.07 Å². The standard InChI is InChI=1S/C61H57N3O.Pt/c1-58(2,3)37-28-29-62-49(33-37)45-32-36(31-44-40-19-13-15-24-47(40)61(10,11)55(44)45)39-20-17-25-51-56(39)63-57-54-52(65)34-48(60(7,8)9)42-22-16-21-41(53(42)54)43-30-35(26-27-50(43)64(51)57)38-18-12-14-23-46(38)59(4,5)6;/h12-31,33-34,57,65H,1-11H3;/q-2;+2. The molecule has 0 amide bonds. The first-order valence-electron chi connectivity index (χ1n) is 23.2. The molecular weight excluding hydrogens is 986 g/mol. The maximum absolute atomic E-state index is 12.5. The summed E-state index contributed by atoms with van der Waals surface area (Å²) in [5.41, 5.74) is 20.4. The van der Waals surface area contributed by atoms with Crippen molar-refractivity contribution < 1.29 is 26.2 Å². The van der Waals surface area contributed by atoms with E-state index in [0.29, 0.717) is 0 Å². The average Bonchev–Trinajstić information content (AvgIpc) is 3.72. The van der Waals surface area contributed by atoms with Crippen LogP contribution in [-0.2, 0) is 42.7 Å². The zero-order chi connectivity index (χ0) is 45.5. The van der Waals surface area contributed by atoms with Gasteiger partial charge in [0.2, 0.25) is 0 Å². The molecule has 1 aliphatic carbocycles. The molecule has 8 aromatic rings. The van der Waals surface area contributed by atoms with Crippen molar-refractivity contribution in [1.82, 2.24) is 4.98 Å². The summed E-state index contributed by atoms with van der Waals surface area (Å²) >= 11 is 0. The van der Waals surface area contributed by atoms with Gasteiger partial charge < -0.3 is 15.3 Å². The third-order valence-corrected chi connectivity index (χ3v) is 14.4. The first kappa shape index (κ1) is 43.9. The van der Waals surface area contributed by atoms with Crippen molar-refractivity contribution in [3.05, 3.63) is 178 Å². The minimum Gasteiger partial charge on any atom is -0.665 e. The fourth-order valence-corrected chi connectivity index (χ4v) is 11.2. The molecule has 1 atom stereocenters. The van der Waals surface area contributed by atoms with E-state index in [2.05, 4.69) is 208 Å². The van der Waals surface area contributed by atoms with E-state index in [1.807, 2.05) is 12.3 Å². The summed E-state index contributed by atoms with van der Waals surface area (Å²) in [5.74, 6) is 0.268. The smallest absolute Gasteiger partial charge is 0.665 e. The third-order valence-electron chi connectivity index (χ3n) is 14.4. The summed E-state index contributed by atoms with van der Waals surface area (Å²) < 4.78 is 0. The molecule has 3 heterocycles. The average molecular weight is 1040 g/mol. The van der Waals surface area contributed by atoms with E-state index in [-0.39, 0.29) is 48.5 Å². The first-order valence-corrected chi connectivity index (χ1v) is 23.2. The second kappa shape index (κ2) is 15.0. The predicted molar refractivity (Wildman–Crippen MR) is 272 cm³/mol. The molecule has 1 aromatic heterocycles. The van der Waals surface area contributed by atoms with E-state index in [1.165, 1.54) is 44.5 Å². The molecule has 332 valence electrons. The number of aromatic hydroxyl groups is 1. The van der Waals surface area contributed by atoms with Gasteiger partial charge in [-0.1, -0.05) is 189 Å². The Morgan fingerprint density at radius 3 is 2.05 bits per heavy atom. The van der Waals surface area contributed by atoms with Gasteiger partial charge >= 0.3 is 21.1 Å². The molecule has 1 N–H and O–H groups in total. The van der Waals surface area contributed by atoms with Gasteiger partial charge in [-0.3, -0.25) is 4.98 Å². The van der Waals surface area contributed by atoms with E-state index in [9.17, 15) is 5.11 Å². The van der Waals surface area contributed by atoms with Crippen LogP contribution in [0.4, 0.5) is 17.1 Å². The second-order valence-electron chi connectivity index (χ2n) is 22.1. The van der Waals surface area contributed by atoms with Gasteiger partial charge in [-0.2, -0.15) is 0 Å². The molecule has 0 saturated heterocycles. The molecule has 0 spiro atoms. The number of phenolic OH excluding ortho intramolecular Hbond substituents is 1. The van der Waals surface area contributed by atoms with E-state index >= 15 is 0 Å². The van der Waals surface area contributed by atoms with E-state index in [0.717, 1.165) is 72.5 Å². The Kier molecular flexibility index (Phi) is 10.00. The monoisotopic (exact) mass is 1040 g/mol. The van der Waals surface area contributed by atoms with Crippen LogP contribution < -0.4 is 4.90 Å². The predicted octanol–water partition coefficient (Wildman–Crippen LogP) is 16.8. The summed E-state index contributed by atoms with van der Waals surface area (Å²) in [6.45, 7) is 25.0. The Hall–Kier alpha value is -5.96. The molecule has 1 unspecified atom stereocenters. The Balaban J connectivity index is 0.00000511. The molecule has 0 radical (unpaired) electrons. The van der Waals surface area contributed by atoms with Crippen LogP contribution in [0.15, 0.2) is 134 Å². The summed E-state index contributed by atoms with van der Waals surface area (Å²) in [6.07, 6.45) is 1.44. The van der Waals surface area contributed by atoms with Gasteiger partial charge in [0, 0.05) is 34.4 Å². The van der Waals surface area contributed by atoms with Crippen molar-refractivity contribution >= 4 is 27.8 Å². The largest absolute Gasteiger partial charge is 2.00 e. The van der Waals surface area contributed by atoms with E-state index in [4.69, 9.17) is 10.3 Å². The first-order chi connectivity index (χ1) is 30.8. The van der Waals surface area contributed by atoms with Crippen LogP contribution in [0.1, 0.15) is 116 Å². The number of nitrogens with zero attached hydrogens (tertiary/aromatic N) is 3. The van der Waals surface area contributed by atoms with Crippen LogP contribution in [0.3, 0.4) is 0 Å². The van der Waals surface area contributed by atoms with Gasteiger partial charge in [-0.15, -0.1) is 23.4 Å². The number of phenols is 1. The maximum atomic E-state index is 12.5. The number of anilines is 2. The second-order valence-corrected chi connectivity index (χ2v) is 22.1. The zero-order valence-corrected chi connectivity index (χ0v) is 42.2. The minimum absolute atomic E-state index is 0. The van der Waals surface area contributed by atoms with Crippen molar-refractivity contribution in [3.8, 4) is 61.5 Å². The van der Waals surface area contributed by atoms with Crippen LogP contribution >= 0.6 is 0 Å². The Morgan fingerprint density at radius 2 is 1.30 bits per heavy atom. The molecule has 11 rings (SSSR count). The van der Waals surface area contributed by atoms with Crippen molar-refractivity contribution in [2.75, 3.05) is 4.90 Å². The molecule has 7 aromatic carbocycles. The molecule has 2 aliphatic heterocycles. The van der Waals surface area contributed by atoms with Gasteiger partial charge in [0.1, 0.15) is 5.75 Å². The van der Waals surface area contributed by atoms with Crippen molar-refractivity contribution in [3.63, 3.8) is 0 Å². The molecule has 0 bridgehead atoms. The molecule has 3 aliphatic rings. The van der Waals surface area contributed by atoms with Gasteiger partial charge in [0.05, 0.1) is 0 Å². The summed E-state index contributed by atoms with van der Waals surface area (Å²) in [4.78, 5) is 7.44. The van der Waals surface area contributed by atoms with Gasteiger partial charge in [0.25, 0.3) is 0 Å². The van der Waals surface area contributed by atoms with Gasteiger partial charge in [-0.05, 0) is 113 Å². The van der Waals surface area contributed by atoms with E-state index < -0.39 is 6.17 Å².